The number of thioether (sulfide) groups is 1. The highest BCUT2D eigenvalue weighted by molar-refractivity contribution is 9.10. The van der Waals surface area contributed by atoms with Gasteiger partial charge in [0.25, 0.3) is 11.1 Å². The molecule has 1 heterocycles. The molecule has 144 valence electrons. The fraction of sp³-hybridized carbons (Fsp3) is 0.190. The molecule has 1 fully saturated rings. The summed E-state index contributed by atoms with van der Waals surface area (Å²) in [7, 11) is 0. The van der Waals surface area contributed by atoms with E-state index in [1.54, 1.807) is 24.3 Å². The van der Waals surface area contributed by atoms with Crippen LogP contribution in [0.2, 0.25) is 0 Å². The Bertz CT molecular complexity index is 969. The lowest BCUT2D eigenvalue weighted by Gasteiger charge is -2.11. The van der Waals surface area contributed by atoms with E-state index in [0.29, 0.717) is 23.5 Å². The van der Waals surface area contributed by atoms with Gasteiger partial charge in [0, 0.05) is 15.6 Å². The largest absolute Gasteiger partial charge is 0.493 e. The maximum atomic E-state index is 12.7. The van der Waals surface area contributed by atoms with Crippen LogP contribution in [0.5, 0.6) is 5.75 Å². The molecule has 0 saturated carbocycles. The molecule has 1 aliphatic heterocycles. The molecular formula is C21H18BrNO4S. The Morgan fingerprint density at radius 2 is 1.89 bits per heavy atom. The predicted molar refractivity (Wildman–Crippen MR) is 113 cm³/mol. The van der Waals surface area contributed by atoms with E-state index in [1.165, 1.54) is 0 Å². The van der Waals surface area contributed by atoms with E-state index < -0.39 is 11.1 Å². The van der Waals surface area contributed by atoms with Crippen molar-refractivity contribution in [3.63, 3.8) is 0 Å². The van der Waals surface area contributed by atoms with Crippen molar-refractivity contribution in [1.29, 1.82) is 0 Å². The Hall–Kier alpha value is -2.38. The number of ether oxygens (including phenoxy) is 1. The summed E-state index contributed by atoms with van der Waals surface area (Å²) in [6.45, 7) is 4.00. The SMILES string of the molecule is CCOc1ccc(Br)cc1C=C1SC(=O)N(CC(=O)c2ccc(C)cc2)C1=O. The first-order valence-electron chi connectivity index (χ1n) is 8.66. The minimum atomic E-state index is -0.474. The highest BCUT2D eigenvalue weighted by atomic mass is 79.9. The Morgan fingerprint density at radius 1 is 1.18 bits per heavy atom. The number of nitrogens with zero attached hydrogens (tertiary/aromatic N) is 1. The Labute approximate surface area is 175 Å². The van der Waals surface area contributed by atoms with E-state index in [0.717, 1.165) is 26.7 Å². The maximum absolute atomic E-state index is 12.7. The van der Waals surface area contributed by atoms with Gasteiger partial charge in [0.1, 0.15) is 5.75 Å². The molecule has 0 radical (unpaired) electrons. The van der Waals surface area contributed by atoms with Crippen molar-refractivity contribution in [2.75, 3.05) is 13.2 Å². The van der Waals surface area contributed by atoms with Gasteiger partial charge in [-0.3, -0.25) is 19.3 Å². The number of imide groups is 1. The molecule has 3 rings (SSSR count). The molecule has 2 aromatic rings. The second kappa shape index (κ2) is 8.75. The molecular weight excluding hydrogens is 442 g/mol. The molecule has 2 aromatic carbocycles. The molecule has 0 bridgehead atoms. The molecule has 0 N–H and O–H groups in total. The smallest absolute Gasteiger partial charge is 0.293 e. The van der Waals surface area contributed by atoms with Gasteiger partial charge in [-0.05, 0) is 49.9 Å². The van der Waals surface area contributed by atoms with Gasteiger partial charge in [0.15, 0.2) is 5.78 Å². The zero-order valence-electron chi connectivity index (χ0n) is 15.4. The third-order valence-electron chi connectivity index (χ3n) is 4.11. The van der Waals surface area contributed by atoms with Gasteiger partial charge in [-0.15, -0.1) is 0 Å². The van der Waals surface area contributed by atoms with Crippen molar-refractivity contribution in [2.24, 2.45) is 0 Å². The van der Waals surface area contributed by atoms with Crippen LogP contribution in [-0.4, -0.2) is 35.0 Å². The summed E-state index contributed by atoms with van der Waals surface area (Å²) >= 11 is 4.23. The van der Waals surface area contributed by atoms with Gasteiger partial charge in [0.2, 0.25) is 0 Å². The number of halogens is 1. The normalized spacial score (nSPS) is 15.4. The van der Waals surface area contributed by atoms with Crippen molar-refractivity contribution in [1.82, 2.24) is 4.90 Å². The van der Waals surface area contributed by atoms with Crippen LogP contribution >= 0.6 is 27.7 Å². The van der Waals surface area contributed by atoms with Gasteiger partial charge in [0.05, 0.1) is 18.1 Å². The number of ketones is 1. The molecule has 5 nitrogen and oxygen atoms in total. The van der Waals surface area contributed by atoms with Gasteiger partial charge in [-0.2, -0.15) is 0 Å². The summed E-state index contributed by atoms with van der Waals surface area (Å²) in [5.74, 6) is -0.132. The van der Waals surface area contributed by atoms with Crippen LogP contribution in [0.15, 0.2) is 51.8 Å². The molecule has 7 heteroatoms. The number of Topliss-reactive ketones (excluding diaryl/α,β-unsaturated/α-hetero) is 1. The third kappa shape index (κ3) is 4.54. The number of hydrogen-bond acceptors (Lipinski definition) is 5. The lowest BCUT2D eigenvalue weighted by molar-refractivity contribution is -0.122. The molecule has 1 aliphatic rings. The van der Waals surface area contributed by atoms with Crippen molar-refractivity contribution >= 4 is 50.7 Å². The zero-order valence-corrected chi connectivity index (χ0v) is 17.8. The summed E-state index contributed by atoms with van der Waals surface area (Å²) in [5.41, 5.74) is 2.19. The summed E-state index contributed by atoms with van der Waals surface area (Å²) in [5, 5.41) is -0.454. The molecule has 0 aromatic heterocycles. The molecule has 0 atom stereocenters. The third-order valence-corrected chi connectivity index (χ3v) is 5.51. The van der Waals surface area contributed by atoms with E-state index in [9.17, 15) is 14.4 Å². The molecule has 0 unspecified atom stereocenters. The van der Waals surface area contributed by atoms with E-state index in [4.69, 9.17) is 4.74 Å². The van der Waals surface area contributed by atoms with Crippen LogP contribution in [0, 0.1) is 6.92 Å². The quantitative estimate of drug-likeness (QED) is 0.445. The number of carbonyl (C=O) groups is 3. The second-order valence-corrected chi connectivity index (χ2v) is 8.08. The van der Waals surface area contributed by atoms with Gasteiger partial charge >= 0.3 is 0 Å². The molecule has 2 amide bonds. The topological polar surface area (TPSA) is 63.7 Å². The Balaban J connectivity index is 1.82. The number of carbonyl (C=O) groups excluding carboxylic acids is 3. The fourth-order valence-electron chi connectivity index (χ4n) is 2.67. The first kappa shape index (κ1) is 20.4. The van der Waals surface area contributed by atoms with Crippen molar-refractivity contribution in [3.05, 3.63) is 68.5 Å². The molecule has 0 spiro atoms. The van der Waals surface area contributed by atoms with Crippen LogP contribution in [0.1, 0.15) is 28.4 Å². The van der Waals surface area contributed by atoms with Gasteiger partial charge in [-0.25, -0.2) is 0 Å². The standard InChI is InChI=1S/C21H18BrNO4S/c1-3-27-18-9-8-16(22)10-15(18)11-19-20(25)23(21(26)28-19)12-17(24)14-6-4-13(2)5-7-14/h4-11H,3,12H2,1-2H3. The summed E-state index contributed by atoms with van der Waals surface area (Å²) in [6.07, 6.45) is 1.62. The monoisotopic (exact) mass is 459 g/mol. The second-order valence-electron chi connectivity index (χ2n) is 6.17. The number of rotatable bonds is 6. The summed E-state index contributed by atoms with van der Waals surface area (Å²) < 4.78 is 6.41. The molecule has 28 heavy (non-hydrogen) atoms. The van der Waals surface area contributed by atoms with Gasteiger partial charge < -0.3 is 4.74 Å². The highest BCUT2D eigenvalue weighted by Gasteiger charge is 2.36. The van der Waals surface area contributed by atoms with Crippen LogP contribution in [0.4, 0.5) is 4.79 Å². The van der Waals surface area contributed by atoms with Crippen molar-refractivity contribution in [2.45, 2.75) is 13.8 Å². The van der Waals surface area contributed by atoms with Crippen LogP contribution in [0.25, 0.3) is 6.08 Å². The van der Waals surface area contributed by atoms with E-state index in [2.05, 4.69) is 15.9 Å². The number of benzene rings is 2. The van der Waals surface area contributed by atoms with E-state index in [-0.39, 0.29) is 17.2 Å². The van der Waals surface area contributed by atoms with Gasteiger partial charge in [-0.1, -0.05) is 45.8 Å². The van der Waals surface area contributed by atoms with Crippen molar-refractivity contribution < 1.29 is 19.1 Å². The lowest BCUT2D eigenvalue weighted by atomic mass is 10.1. The Kier molecular flexibility index (Phi) is 6.36. The number of aryl methyl sites for hydroxylation is 1. The predicted octanol–water partition coefficient (Wildman–Crippen LogP) is 5.08. The number of amides is 2. The van der Waals surface area contributed by atoms with Crippen molar-refractivity contribution in [3.8, 4) is 5.75 Å². The summed E-state index contributed by atoms with van der Waals surface area (Å²) in [4.78, 5) is 38.7. The lowest BCUT2D eigenvalue weighted by Crippen LogP contribution is -2.33. The van der Waals surface area contributed by atoms with Crippen LogP contribution in [-0.2, 0) is 4.79 Å². The average Bonchev–Trinajstić information content (AvgIpc) is 2.92. The first-order chi connectivity index (χ1) is 13.4. The zero-order chi connectivity index (χ0) is 20.3. The highest BCUT2D eigenvalue weighted by Crippen LogP contribution is 2.35. The van der Waals surface area contributed by atoms with Crippen LogP contribution < -0.4 is 4.74 Å². The maximum Gasteiger partial charge on any atom is 0.293 e. The summed E-state index contributed by atoms with van der Waals surface area (Å²) in [6, 6.07) is 12.5. The molecule has 0 aliphatic carbocycles. The number of hydrogen-bond donors (Lipinski definition) is 0. The van der Waals surface area contributed by atoms with E-state index >= 15 is 0 Å². The van der Waals surface area contributed by atoms with Crippen LogP contribution in [0.3, 0.4) is 0 Å². The first-order valence-corrected chi connectivity index (χ1v) is 10.3. The average molecular weight is 460 g/mol. The fourth-order valence-corrected chi connectivity index (χ4v) is 3.88. The Morgan fingerprint density at radius 3 is 2.57 bits per heavy atom. The minimum Gasteiger partial charge on any atom is -0.493 e. The molecule has 1 saturated heterocycles. The van der Waals surface area contributed by atoms with E-state index in [1.807, 2.05) is 38.1 Å². The minimum absolute atomic E-state index is 0.265.